The number of alkyl halides is 10. The second kappa shape index (κ2) is 6.23. The van der Waals surface area contributed by atoms with Crippen molar-refractivity contribution < 1.29 is 48.7 Å². The van der Waals surface area contributed by atoms with Crippen molar-refractivity contribution in [2.45, 2.75) is 50.9 Å². The van der Waals surface area contributed by atoms with Crippen LogP contribution in [0.2, 0.25) is 0 Å². The van der Waals surface area contributed by atoms with E-state index in [1.54, 1.807) is 0 Å². The number of hydrogen-bond acceptors (Lipinski definition) is 1. The summed E-state index contributed by atoms with van der Waals surface area (Å²) in [7, 11) is 0. The zero-order valence-corrected chi connectivity index (χ0v) is 11.3. The molecule has 0 rings (SSSR count). The summed E-state index contributed by atoms with van der Waals surface area (Å²) in [6, 6.07) is 0. The van der Waals surface area contributed by atoms with E-state index in [2.05, 4.69) is 0 Å². The molecule has 132 valence electrons. The number of halogens is 10. The van der Waals surface area contributed by atoms with E-state index in [0.717, 1.165) is 0 Å². The van der Waals surface area contributed by atoms with Crippen molar-refractivity contribution in [3.8, 4) is 0 Å². The molecule has 0 radical (unpaired) electrons. The van der Waals surface area contributed by atoms with Gasteiger partial charge in [0, 0.05) is 0 Å². The lowest BCUT2D eigenvalue weighted by molar-refractivity contribution is -0.310. The average molecular weight is 350 g/mol. The van der Waals surface area contributed by atoms with Crippen LogP contribution in [0.5, 0.6) is 0 Å². The van der Waals surface area contributed by atoms with E-state index in [9.17, 15) is 48.7 Å². The molecule has 0 heterocycles. The summed E-state index contributed by atoms with van der Waals surface area (Å²) in [5.74, 6) is -20.5. The first-order valence-electron chi connectivity index (χ1n) is 5.98. The van der Waals surface area contributed by atoms with Gasteiger partial charge in [-0.3, -0.25) is 4.79 Å². The Bertz CT molecular complexity index is 359. The molecule has 0 aliphatic heterocycles. The molecule has 11 heteroatoms. The van der Waals surface area contributed by atoms with Gasteiger partial charge in [0.25, 0.3) is 0 Å². The molecule has 2 atom stereocenters. The van der Waals surface area contributed by atoms with Gasteiger partial charge < -0.3 is 0 Å². The molecule has 0 amide bonds. The predicted molar refractivity (Wildman–Crippen MR) is 54.6 cm³/mol. The quantitative estimate of drug-likeness (QED) is 0.616. The van der Waals surface area contributed by atoms with Gasteiger partial charge in [-0.05, 0) is 12.8 Å². The lowest BCUT2D eigenvalue weighted by Crippen LogP contribution is -2.53. The topological polar surface area (TPSA) is 17.1 Å². The maximum atomic E-state index is 13.2. The van der Waals surface area contributed by atoms with E-state index >= 15 is 0 Å². The first kappa shape index (κ1) is 21.0. The molecular formula is C11H12F10O. The summed E-state index contributed by atoms with van der Waals surface area (Å²) in [6.07, 6.45) is -15.0. The Kier molecular flexibility index (Phi) is 5.94. The number of carbonyl (C=O) groups excluding carboxylic acids is 1. The molecule has 0 bridgehead atoms. The van der Waals surface area contributed by atoms with Crippen molar-refractivity contribution in [1.29, 1.82) is 0 Å². The van der Waals surface area contributed by atoms with Gasteiger partial charge in [-0.15, -0.1) is 0 Å². The van der Waals surface area contributed by atoms with E-state index in [1.165, 1.54) is 0 Å². The van der Waals surface area contributed by atoms with Crippen LogP contribution in [0.4, 0.5) is 43.9 Å². The van der Waals surface area contributed by atoms with Gasteiger partial charge >= 0.3 is 24.2 Å². The number of Topliss-reactive ketones (excluding diaryl/α,β-unsaturated/α-hetero) is 1. The average Bonchev–Trinajstić information content (AvgIpc) is 2.26. The fraction of sp³-hybridized carbons (Fsp3) is 0.909. The Morgan fingerprint density at radius 2 is 0.909 bits per heavy atom. The Morgan fingerprint density at radius 3 is 1.05 bits per heavy atom. The molecule has 0 saturated carbocycles. The first-order valence-corrected chi connectivity index (χ1v) is 5.98. The first-order chi connectivity index (χ1) is 9.55. The molecular weight excluding hydrogens is 338 g/mol. The molecule has 0 aliphatic rings. The van der Waals surface area contributed by atoms with Gasteiger partial charge in [-0.2, -0.15) is 43.9 Å². The number of ketones is 1. The van der Waals surface area contributed by atoms with Crippen LogP contribution in [-0.4, -0.2) is 30.0 Å². The molecule has 1 nitrogen and oxygen atoms in total. The van der Waals surface area contributed by atoms with Gasteiger partial charge in [-0.1, -0.05) is 13.8 Å². The van der Waals surface area contributed by atoms with Crippen molar-refractivity contribution in [1.82, 2.24) is 0 Å². The minimum atomic E-state index is -6.24. The van der Waals surface area contributed by atoms with Gasteiger partial charge in [0.05, 0.1) is 11.8 Å². The van der Waals surface area contributed by atoms with Crippen molar-refractivity contribution in [2.24, 2.45) is 11.8 Å². The number of carbonyl (C=O) groups is 1. The van der Waals surface area contributed by atoms with Crippen LogP contribution in [0.25, 0.3) is 0 Å². The van der Waals surface area contributed by atoms with E-state index in [0.29, 0.717) is 13.8 Å². The molecule has 2 unspecified atom stereocenters. The fourth-order valence-electron chi connectivity index (χ4n) is 1.91. The number of hydrogen-bond donors (Lipinski definition) is 0. The third-order valence-electron chi connectivity index (χ3n) is 3.13. The van der Waals surface area contributed by atoms with Crippen LogP contribution in [0.3, 0.4) is 0 Å². The third kappa shape index (κ3) is 3.65. The monoisotopic (exact) mass is 350 g/mol. The molecule has 0 spiro atoms. The molecule has 0 N–H and O–H groups in total. The Balaban J connectivity index is 5.78. The van der Waals surface area contributed by atoms with Crippen LogP contribution in [0.1, 0.15) is 26.7 Å². The summed E-state index contributed by atoms with van der Waals surface area (Å²) in [5.41, 5.74) is 0. The van der Waals surface area contributed by atoms with Crippen molar-refractivity contribution >= 4 is 5.78 Å². The fourth-order valence-corrected chi connectivity index (χ4v) is 1.91. The highest BCUT2D eigenvalue weighted by Crippen LogP contribution is 2.48. The SMILES string of the molecule is CCC(C(=O)C(CC)C(F)(F)C(F)(F)F)C(F)(F)C(F)(F)F. The largest absolute Gasteiger partial charge is 0.454 e. The maximum absolute atomic E-state index is 13.2. The Labute approximate surface area is 118 Å². The minimum absolute atomic E-state index is 0.667. The zero-order valence-electron chi connectivity index (χ0n) is 11.3. The maximum Gasteiger partial charge on any atom is 0.454 e. The summed E-state index contributed by atoms with van der Waals surface area (Å²) in [6.45, 7) is 1.33. The van der Waals surface area contributed by atoms with E-state index in [1.807, 2.05) is 0 Å². The van der Waals surface area contributed by atoms with Crippen LogP contribution in [-0.2, 0) is 4.79 Å². The minimum Gasteiger partial charge on any atom is -0.299 e. The highest BCUT2D eigenvalue weighted by molar-refractivity contribution is 5.85. The van der Waals surface area contributed by atoms with E-state index < -0.39 is 54.7 Å². The summed E-state index contributed by atoms with van der Waals surface area (Å²) in [5, 5.41) is 0. The molecule has 22 heavy (non-hydrogen) atoms. The highest BCUT2D eigenvalue weighted by Gasteiger charge is 2.69. The van der Waals surface area contributed by atoms with Crippen LogP contribution in [0.15, 0.2) is 0 Å². The number of rotatable bonds is 6. The lowest BCUT2D eigenvalue weighted by Gasteiger charge is -2.33. The summed E-state index contributed by atoms with van der Waals surface area (Å²) in [4.78, 5) is 11.5. The predicted octanol–water partition coefficient (Wildman–Crippen LogP) is 5.00. The molecule has 0 aromatic carbocycles. The molecule has 0 aromatic rings. The third-order valence-corrected chi connectivity index (χ3v) is 3.13. The van der Waals surface area contributed by atoms with E-state index in [-0.39, 0.29) is 0 Å². The molecule has 0 saturated heterocycles. The highest BCUT2D eigenvalue weighted by atomic mass is 19.4. The van der Waals surface area contributed by atoms with Gasteiger partial charge in [0.15, 0.2) is 5.78 Å². The van der Waals surface area contributed by atoms with Gasteiger partial charge in [-0.25, -0.2) is 0 Å². The van der Waals surface area contributed by atoms with E-state index in [4.69, 9.17) is 0 Å². The van der Waals surface area contributed by atoms with Gasteiger partial charge in [0.2, 0.25) is 0 Å². The van der Waals surface area contributed by atoms with Crippen molar-refractivity contribution in [3.63, 3.8) is 0 Å². The van der Waals surface area contributed by atoms with Crippen molar-refractivity contribution in [2.75, 3.05) is 0 Å². The van der Waals surface area contributed by atoms with Gasteiger partial charge in [0.1, 0.15) is 0 Å². The molecule has 0 aromatic heterocycles. The molecule has 0 aliphatic carbocycles. The second-order valence-electron chi connectivity index (χ2n) is 4.57. The summed E-state index contributed by atoms with van der Waals surface area (Å²) >= 11 is 0. The Morgan fingerprint density at radius 1 is 0.682 bits per heavy atom. The van der Waals surface area contributed by atoms with Crippen LogP contribution < -0.4 is 0 Å². The second-order valence-corrected chi connectivity index (χ2v) is 4.57. The summed E-state index contributed by atoms with van der Waals surface area (Å²) < 4.78 is 126. The Hall–Kier alpha value is -1.03. The van der Waals surface area contributed by atoms with Crippen molar-refractivity contribution in [3.05, 3.63) is 0 Å². The van der Waals surface area contributed by atoms with Crippen LogP contribution >= 0.6 is 0 Å². The normalized spacial score (nSPS) is 17.3. The van der Waals surface area contributed by atoms with Crippen LogP contribution in [0, 0.1) is 11.8 Å². The zero-order chi connectivity index (χ0) is 18.1. The smallest absolute Gasteiger partial charge is 0.299 e. The molecule has 0 fully saturated rings. The standard InChI is InChI=1S/C11H12F10O/c1-3-5(8(12,13)10(16,17)18)7(22)6(4-2)9(14,15)11(19,20)21/h5-6H,3-4H2,1-2H3. The lowest BCUT2D eigenvalue weighted by atomic mass is 9.81.